The summed E-state index contributed by atoms with van der Waals surface area (Å²) >= 11 is 12.3. The molecule has 0 atom stereocenters. The van der Waals surface area contributed by atoms with E-state index in [0.29, 0.717) is 22.5 Å². The first-order chi connectivity index (χ1) is 11.7. The fourth-order valence-electron chi connectivity index (χ4n) is 2.88. The predicted molar refractivity (Wildman–Crippen MR) is 101 cm³/mol. The smallest absolute Gasteiger partial charge is 0.362 e. The van der Waals surface area contributed by atoms with Crippen LogP contribution in [0.1, 0.15) is 45.1 Å². The standard InChI is InChI=1S/C18H22Cl2N2O3/c1-6-21-14-8-12(19)7-13(20)17(14)16(23)9-15(21)18(24)25-22(10(2)3)11(4)5/h7-11H,6H2,1-5H3. The van der Waals surface area contributed by atoms with Gasteiger partial charge in [-0.15, -0.1) is 5.06 Å². The number of halogens is 2. The Morgan fingerprint density at radius 1 is 1.16 bits per heavy atom. The van der Waals surface area contributed by atoms with Crippen molar-refractivity contribution >= 4 is 40.1 Å². The van der Waals surface area contributed by atoms with E-state index in [2.05, 4.69) is 0 Å². The van der Waals surface area contributed by atoms with E-state index in [1.807, 2.05) is 34.6 Å². The van der Waals surface area contributed by atoms with Gasteiger partial charge in [0.25, 0.3) is 0 Å². The maximum atomic E-state index is 12.7. The molecule has 0 radical (unpaired) electrons. The Hall–Kier alpha value is -1.56. The summed E-state index contributed by atoms with van der Waals surface area (Å²) in [5.41, 5.74) is 0.346. The van der Waals surface area contributed by atoms with Crippen LogP contribution in [0.15, 0.2) is 23.0 Å². The summed E-state index contributed by atoms with van der Waals surface area (Å²) in [4.78, 5) is 30.8. The number of rotatable bonds is 5. The van der Waals surface area contributed by atoms with Crippen molar-refractivity contribution in [1.29, 1.82) is 0 Å². The van der Waals surface area contributed by atoms with Crippen molar-refractivity contribution in [3.63, 3.8) is 0 Å². The van der Waals surface area contributed by atoms with Gasteiger partial charge in [0.15, 0.2) is 5.43 Å². The lowest BCUT2D eigenvalue weighted by atomic mass is 10.1. The number of benzene rings is 1. The highest BCUT2D eigenvalue weighted by Gasteiger charge is 2.23. The SMILES string of the molecule is CCn1c(C(=O)ON(C(C)C)C(C)C)cc(=O)c2c(Cl)cc(Cl)cc21. The molecule has 0 aliphatic carbocycles. The Morgan fingerprint density at radius 3 is 2.28 bits per heavy atom. The van der Waals surface area contributed by atoms with E-state index in [9.17, 15) is 9.59 Å². The van der Waals surface area contributed by atoms with Crippen LogP contribution in [-0.2, 0) is 11.4 Å². The molecule has 0 amide bonds. The van der Waals surface area contributed by atoms with Gasteiger partial charge in [-0.05, 0) is 46.8 Å². The topological polar surface area (TPSA) is 51.5 Å². The highest BCUT2D eigenvalue weighted by atomic mass is 35.5. The molecule has 136 valence electrons. The van der Waals surface area contributed by atoms with E-state index < -0.39 is 5.97 Å². The molecule has 25 heavy (non-hydrogen) atoms. The van der Waals surface area contributed by atoms with Crippen molar-refractivity contribution in [2.24, 2.45) is 0 Å². The van der Waals surface area contributed by atoms with Crippen LogP contribution in [0.4, 0.5) is 0 Å². The second-order valence-corrected chi connectivity index (χ2v) is 7.19. The average Bonchev–Trinajstić information content (AvgIpc) is 2.50. The summed E-state index contributed by atoms with van der Waals surface area (Å²) in [7, 11) is 0. The minimum atomic E-state index is -0.584. The summed E-state index contributed by atoms with van der Waals surface area (Å²) in [6, 6.07) is 4.44. The predicted octanol–water partition coefficient (Wildman–Crippen LogP) is 4.52. The lowest BCUT2D eigenvalue weighted by Gasteiger charge is -2.28. The van der Waals surface area contributed by atoms with E-state index in [4.69, 9.17) is 28.0 Å². The highest BCUT2D eigenvalue weighted by molar-refractivity contribution is 6.38. The monoisotopic (exact) mass is 384 g/mol. The van der Waals surface area contributed by atoms with Crippen LogP contribution in [0.25, 0.3) is 10.9 Å². The van der Waals surface area contributed by atoms with Crippen LogP contribution in [0, 0.1) is 0 Å². The summed E-state index contributed by atoms with van der Waals surface area (Å²) in [5.74, 6) is -0.584. The third kappa shape index (κ3) is 4.00. The molecule has 2 rings (SSSR count). The molecule has 0 spiro atoms. The second-order valence-electron chi connectivity index (χ2n) is 6.35. The average molecular weight is 385 g/mol. The molecule has 0 fully saturated rings. The van der Waals surface area contributed by atoms with Crippen LogP contribution in [-0.4, -0.2) is 27.7 Å². The Labute approximate surface area is 157 Å². The molecule has 0 saturated heterocycles. The van der Waals surface area contributed by atoms with Gasteiger partial charge in [-0.1, -0.05) is 23.2 Å². The van der Waals surface area contributed by atoms with Gasteiger partial charge in [0.2, 0.25) is 0 Å². The molecule has 0 N–H and O–H groups in total. The van der Waals surface area contributed by atoms with Gasteiger partial charge < -0.3 is 9.40 Å². The Balaban J connectivity index is 2.62. The highest BCUT2D eigenvalue weighted by Crippen LogP contribution is 2.26. The lowest BCUT2D eigenvalue weighted by Crippen LogP contribution is -2.39. The molecule has 0 bridgehead atoms. The van der Waals surface area contributed by atoms with Crippen molar-refractivity contribution in [1.82, 2.24) is 9.63 Å². The van der Waals surface area contributed by atoms with Crippen molar-refractivity contribution in [2.45, 2.75) is 53.2 Å². The van der Waals surface area contributed by atoms with E-state index in [1.165, 1.54) is 12.1 Å². The van der Waals surface area contributed by atoms with E-state index in [0.717, 1.165) is 0 Å². The normalized spacial score (nSPS) is 11.8. The fraction of sp³-hybridized carbons (Fsp3) is 0.444. The molecule has 0 saturated carbocycles. The number of carbonyl (C=O) groups excluding carboxylic acids is 1. The molecular weight excluding hydrogens is 363 g/mol. The van der Waals surface area contributed by atoms with Crippen molar-refractivity contribution in [2.75, 3.05) is 0 Å². The molecule has 5 nitrogen and oxygen atoms in total. The molecular formula is C18H22Cl2N2O3. The second kappa shape index (κ2) is 7.77. The molecule has 1 aromatic carbocycles. The number of nitrogens with zero attached hydrogens (tertiary/aromatic N) is 2. The Kier molecular flexibility index (Phi) is 6.14. The van der Waals surface area contributed by atoms with Crippen LogP contribution in [0.5, 0.6) is 0 Å². The zero-order valence-corrected chi connectivity index (χ0v) is 16.5. The number of hydrogen-bond acceptors (Lipinski definition) is 4. The van der Waals surface area contributed by atoms with E-state index >= 15 is 0 Å². The van der Waals surface area contributed by atoms with Gasteiger partial charge in [0.05, 0.1) is 15.9 Å². The van der Waals surface area contributed by atoms with Crippen molar-refractivity contribution in [3.8, 4) is 0 Å². The number of carbonyl (C=O) groups is 1. The van der Waals surface area contributed by atoms with E-state index in [-0.39, 0.29) is 28.2 Å². The first-order valence-electron chi connectivity index (χ1n) is 8.20. The number of hydroxylamine groups is 2. The summed E-state index contributed by atoms with van der Waals surface area (Å²) < 4.78 is 1.69. The summed E-state index contributed by atoms with van der Waals surface area (Å²) in [5, 5.41) is 2.60. The number of aryl methyl sites for hydroxylation is 1. The summed E-state index contributed by atoms with van der Waals surface area (Å²) in [6.45, 7) is 10.1. The zero-order chi connectivity index (χ0) is 18.9. The van der Waals surface area contributed by atoms with Gasteiger partial charge in [-0.3, -0.25) is 4.79 Å². The lowest BCUT2D eigenvalue weighted by molar-refractivity contribution is -0.151. The largest absolute Gasteiger partial charge is 0.373 e. The van der Waals surface area contributed by atoms with Crippen LogP contribution >= 0.6 is 23.2 Å². The number of hydrogen-bond donors (Lipinski definition) is 0. The van der Waals surface area contributed by atoms with Gasteiger partial charge in [-0.2, -0.15) is 0 Å². The third-order valence-corrected chi connectivity index (χ3v) is 4.38. The molecule has 0 aliphatic heterocycles. The minimum Gasteiger partial charge on any atom is -0.362 e. The number of pyridine rings is 1. The molecule has 2 aromatic rings. The van der Waals surface area contributed by atoms with Crippen LogP contribution in [0.3, 0.4) is 0 Å². The first-order valence-corrected chi connectivity index (χ1v) is 8.96. The molecule has 0 aliphatic rings. The summed E-state index contributed by atoms with van der Waals surface area (Å²) in [6.07, 6.45) is 0. The minimum absolute atomic E-state index is 0.00935. The molecule has 0 unspecified atom stereocenters. The molecule has 1 heterocycles. The van der Waals surface area contributed by atoms with Crippen LogP contribution < -0.4 is 5.43 Å². The molecule has 7 heteroatoms. The number of aromatic nitrogens is 1. The van der Waals surface area contributed by atoms with Gasteiger partial charge >= 0.3 is 5.97 Å². The Morgan fingerprint density at radius 2 is 1.76 bits per heavy atom. The number of fused-ring (bicyclic) bond motifs is 1. The first kappa shape index (κ1) is 19.8. The van der Waals surface area contributed by atoms with Gasteiger partial charge in [-0.25, -0.2) is 4.79 Å². The van der Waals surface area contributed by atoms with Crippen LogP contribution in [0.2, 0.25) is 10.0 Å². The van der Waals surface area contributed by atoms with E-state index in [1.54, 1.807) is 15.7 Å². The zero-order valence-electron chi connectivity index (χ0n) is 15.0. The maximum absolute atomic E-state index is 12.7. The van der Waals surface area contributed by atoms with Crippen molar-refractivity contribution < 1.29 is 9.63 Å². The molecule has 1 aromatic heterocycles. The Bertz CT molecular complexity index is 852. The maximum Gasteiger partial charge on any atom is 0.373 e. The fourth-order valence-corrected chi connectivity index (χ4v) is 3.46. The quantitative estimate of drug-likeness (QED) is 0.711. The van der Waals surface area contributed by atoms with Gasteiger partial charge in [0, 0.05) is 29.7 Å². The van der Waals surface area contributed by atoms with Gasteiger partial charge in [0.1, 0.15) is 5.69 Å². The third-order valence-electron chi connectivity index (χ3n) is 3.86. The van der Waals surface area contributed by atoms with Crippen molar-refractivity contribution in [3.05, 3.63) is 44.2 Å².